The summed E-state index contributed by atoms with van der Waals surface area (Å²) in [6, 6.07) is 10.8. The van der Waals surface area contributed by atoms with E-state index in [0.29, 0.717) is 29.0 Å². The van der Waals surface area contributed by atoms with Crippen LogP contribution in [-0.4, -0.2) is 25.0 Å². The molecular formula is C21H20F2O5. The highest BCUT2D eigenvalue weighted by Gasteiger charge is 2.10. The highest BCUT2D eigenvalue weighted by molar-refractivity contribution is 5.94. The summed E-state index contributed by atoms with van der Waals surface area (Å²) in [6.45, 7) is 0.771. The van der Waals surface area contributed by atoms with Crippen molar-refractivity contribution in [3.8, 4) is 11.5 Å². The summed E-state index contributed by atoms with van der Waals surface area (Å²) in [6.07, 6.45) is 2.71. The van der Waals surface area contributed by atoms with Crippen molar-refractivity contribution < 1.29 is 32.6 Å². The minimum Gasteiger partial charge on any atom is -0.493 e. The Morgan fingerprint density at radius 2 is 1.82 bits per heavy atom. The van der Waals surface area contributed by atoms with Gasteiger partial charge in [0.2, 0.25) is 0 Å². The predicted molar refractivity (Wildman–Crippen MR) is 99.5 cm³/mol. The molecule has 7 heteroatoms. The van der Waals surface area contributed by atoms with Crippen molar-refractivity contribution in [1.82, 2.24) is 0 Å². The number of Topliss-reactive ketones (excluding diaryl/α,β-unsaturated/α-hetero) is 1. The van der Waals surface area contributed by atoms with Gasteiger partial charge in [-0.05, 0) is 55.8 Å². The quantitative estimate of drug-likeness (QED) is 0.354. The number of hydrogen-bond acceptors (Lipinski definition) is 5. The molecule has 5 nitrogen and oxygen atoms in total. The number of ether oxygens (including phenoxy) is 3. The lowest BCUT2D eigenvalue weighted by molar-refractivity contribution is -0.138. The van der Waals surface area contributed by atoms with E-state index >= 15 is 0 Å². The molecule has 0 aromatic heterocycles. The van der Waals surface area contributed by atoms with Crippen molar-refractivity contribution >= 4 is 17.8 Å². The lowest BCUT2D eigenvalue weighted by Gasteiger charge is -2.11. The van der Waals surface area contributed by atoms with Gasteiger partial charge in [0.25, 0.3) is 0 Å². The average Bonchev–Trinajstić information content (AvgIpc) is 2.66. The first-order valence-electron chi connectivity index (χ1n) is 8.55. The summed E-state index contributed by atoms with van der Waals surface area (Å²) >= 11 is 0. The van der Waals surface area contributed by atoms with Gasteiger partial charge in [-0.1, -0.05) is 12.1 Å². The first kappa shape index (κ1) is 21.1. The predicted octanol–water partition coefficient (Wildman–Crippen LogP) is 4.65. The van der Waals surface area contributed by atoms with Gasteiger partial charge in [0.15, 0.2) is 5.78 Å². The zero-order valence-electron chi connectivity index (χ0n) is 15.5. The number of carbonyl (C=O) groups is 2. The fraction of sp³-hybridized carbons (Fsp3) is 0.238. The van der Waals surface area contributed by atoms with E-state index in [4.69, 9.17) is 9.47 Å². The lowest BCUT2D eigenvalue weighted by atomic mass is 10.1. The van der Waals surface area contributed by atoms with Crippen molar-refractivity contribution in [1.29, 1.82) is 0 Å². The summed E-state index contributed by atoms with van der Waals surface area (Å²) in [5.41, 5.74) is 1.70. The molecule has 0 atom stereocenters. The van der Waals surface area contributed by atoms with E-state index in [1.54, 1.807) is 18.2 Å². The van der Waals surface area contributed by atoms with Gasteiger partial charge in [0.1, 0.15) is 18.1 Å². The van der Waals surface area contributed by atoms with Crippen molar-refractivity contribution in [3.05, 3.63) is 65.2 Å². The van der Waals surface area contributed by atoms with Crippen LogP contribution in [0, 0.1) is 0 Å². The molecule has 2 rings (SSSR count). The fourth-order valence-electron chi connectivity index (χ4n) is 2.33. The Balaban J connectivity index is 1.98. The molecule has 0 unspecified atom stereocenters. The van der Waals surface area contributed by atoms with Crippen LogP contribution in [0.4, 0.5) is 8.78 Å². The van der Waals surface area contributed by atoms with E-state index in [1.807, 2.05) is 6.92 Å². The molecular weight excluding hydrogens is 370 g/mol. The summed E-state index contributed by atoms with van der Waals surface area (Å²) in [5.74, 6) is -0.124. The number of benzene rings is 2. The number of esters is 1. The van der Waals surface area contributed by atoms with Gasteiger partial charge < -0.3 is 14.2 Å². The molecule has 2 aromatic carbocycles. The van der Waals surface area contributed by atoms with Crippen molar-refractivity contribution in [2.45, 2.75) is 27.1 Å². The average molecular weight is 390 g/mol. The second-order valence-electron chi connectivity index (χ2n) is 5.70. The van der Waals surface area contributed by atoms with Gasteiger partial charge in [0, 0.05) is 17.2 Å². The van der Waals surface area contributed by atoms with Gasteiger partial charge in [-0.15, -0.1) is 0 Å². The monoisotopic (exact) mass is 390 g/mol. The standard InChI is InChI=1S/C21H20F2O5/c1-3-26-19-10-7-16(14(2)24)12-17(19)13-27-20(25)11-6-15-4-8-18(9-5-15)28-21(22)23/h4-12,21H,3,13H2,1-2H3/b11-6+. The van der Waals surface area contributed by atoms with Gasteiger partial charge in [-0.25, -0.2) is 4.79 Å². The maximum Gasteiger partial charge on any atom is 0.387 e. The Hall–Kier alpha value is -3.22. The molecule has 148 valence electrons. The van der Waals surface area contributed by atoms with Gasteiger partial charge in [-0.2, -0.15) is 8.78 Å². The number of hydrogen-bond donors (Lipinski definition) is 0. The van der Waals surface area contributed by atoms with Crippen LogP contribution < -0.4 is 9.47 Å². The molecule has 0 aliphatic rings. The van der Waals surface area contributed by atoms with Crippen LogP contribution in [0.25, 0.3) is 6.08 Å². The second-order valence-corrected chi connectivity index (χ2v) is 5.70. The fourth-order valence-corrected chi connectivity index (χ4v) is 2.33. The molecule has 0 N–H and O–H groups in total. The van der Waals surface area contributed by atoms with Crippen LogP contribution in [-0.2, 0) is 16.1 Å². The molecule has 0 aliphatic heterocycles. The van der Waals surface area contributed by atoms with Gasteiger partial charge in [0.05, 0.1) is 6.61 Å². The third kappa shape index (κ3) is 6.50. The number of ketones is 1. The summed E-state index contributed by atoms with van der Waals surface area (Å²) < 4.78 is 39.2. The molecule has 0 saturated heterocycles. The van der Waals surface area contributed by atoms with Crippen molar-refractivity contribution in [3.63, 3.8) is 0 Å². The van der Waals surface area contributed by atoms with E-state index < -0.39 is 12.6 Å². The summed E-state index contributed by atoms with van der Waals surface area (Å²) in [7, 11) is 0. The second kappa shape index (κ2) is 10.2. The van der Waals surface area contributed by atoms with Crippen molar-refractivity contribution in [2.75, 3.05) is 6.61 Å². The van der Waals surface area contributed by atoms with E-state index in [-0.39, 0.29) is 18.1 Å². The number of halogens is 2. The molecule has 2 aromatic rings. The maximum absolute atomic E-state index is 12.1. The largest absolute Gasteiger partial charge is 0.493 e. The normalized spacial score (nSPS) is 10.9. The van der Waals surface area contributed by atoms with Crippen LogP contribution >= 0.6 is 0 Å². The number of alkyl halides is 2. The molecule has 0 bridgehead atoms. The first-order chi connectivity index (χ1) is 13.4. The molecule has 0 fully saturated rings. The van der Waals surface area contributed by atoms with E-state index in [2.05, 4.69) is 4.74 Å². The van der Waals surface area contributed by atoms with E-state index in [0.717, 1.165) is 0 Å². The minimum atomic E-state index is -2.89. The molecule has 0 radical (unpaired) electrons. The van der Waals surface area contributed by atoms with Gasteiger partial charge in [-0.3, -0.25) is 4.79 Å². The Labute approximate surface area is 161 Å². The van der Waals surface area contributed by atoms with Crippen LogP contribution in [0.1, 0.15) is 35.3 Å². The summed E-state index contributed by atoms with van der Waals surface area (Å²) in [5, 5.41) is 0. The molecule has 0 spiro atoms. The van der Waals surface area contributed by atoms with Crippen LogP contribution in [0.15, 0.2) is 48.5 Å². The Morgan fingerprint density at radius 3 is 2.43 bits per heavy atom. The zero-order valence-corrected chi connectivity index (χ0v) is 15.5. The van der Waals surface area contributed by atoms with Crippen LogP contribution in [0.3, 0.4) is 0 Å². The highest BCUT2D eigenvalue weighted by Crippen LogP contribution is 2.22. The third-order valence-electron chi connectivity index (χ3n) is 3.65. The SMILES string of the molecule is CCOc1ccc(C(C)=O)cc1COC(=O)/C=C/c1ccc(OC(F)F)cc1. The Bertz CT molecular complexity index is 844. The molecule has 0 saturated carbocycles. The minimum absolute atomic E-state index is 0.0310. The van der Waals surface area contributed by atoms with Crippen molar-refractivity contribution in [2.24, 2.45) is 0 Å². The number of rotatable bonds is 9. The summed E-state index contributed by atoms with van der Waals surface area (Å²) in [4.78, 5) is 23.5. The third-order valence-corrected chi connectivity index (χ3v) is 3.65. The maximum atomic E-state index is 12.1. The van der Waals surface area contributed by atoms with Crippen LogP contribution in [0.2, 0.25) is 0 Å². The zero-order chi connectivity index (χ0) is 20.5. The highest BCUT2D eigenvalue weighted by atomic mass is 19.3. The molecule has 0 aliphatic carbocycles. The van der Waals surface area contributed by atoms with Crippen LogP contribution in [0.5, 0.6) is 11.5 Å². The topological polar surface area (TPSA) is 61.8 Å². The number of carbonyl (C=O) groups excluding carboxylic acids is 2. The molecule has 28 heavy (non-hydrogen) atoms. The van der Waals surface area contributed by atoms with Gasteiger partial charge >= 0.3 is 12.6 Å². The smallest absolute Gasteiger partial charge is 0.387 e. The Kier molecular flexibility index (Phi) is 7.68. The van der Waals surface area contributed by atoms with E-state index in [1.165, 1.54) is 43.3 Å². The first-order valence-corrected chi connectivity index (χ1v) is 8.55. The Morgan fingerprint density at radius 1 is 1.11 bits per heavy atom. The van der Waals surface area contributed by atoms with E-state index in [9.17, 15) is 18.4 Å². The molecule has 0 amide bonds. The lowest BCUT2D eigenvalue weighted by Crippen LogP contribution is -2.05. The molecule has 0 heterocycles.